The molecule has 2 unspecified atom stereocenters. The van der Waals surface area contributed by atoms with E-state index >= 15 is 0 Å². The van der Waals surface area contributed by atoms with Crippen molar-refractivity contribution in [2.24, 2.45) is 13.0 Å². The second-order valence-corrected chi connectivity index (χ2v) is 8.15. The molecular weight excluding hydrogens is 408 g/mol. The van der Waals surface area contributed by atoms with Crippen LogP contribution in [-0.2, 0) is 18.3 Å². The summed E-state index contributed by atoms with van der Waals surface area (Å²) in [5, 5.41) is 15.9. The Balaban J connectivity index is 1.74. The van der Waals surface area contributed by atoms with Gasteiger partial charge in [0, 0.05) is 36.3 Å². The number of ether oxygens (including phenoxy) is 1. The van der Waals surface area contributed by atoms with E-state index in [4.69, 9.17) is 4.74 Å². The van der Waals surface area contributed by atoms with Gasteiger partial charge in [-0.2, -0.15) is 5.26 Å². The number of H-pyrrole nitrogens is 1. The Labute approximate surface area is 186 Å². The molecule has 1 aromatic carbocycles. The van der Waals surface area contributed by atoms with Crippen molar-refractivity contribution in [2.45, 2.75) is 38.8 Å². The Morgan fingerprint density at radius 3 is 2.72 bits per heavy atom. The summed E-state index contributed by atoms with van der Waals surface area (Å²) in [6.07, 6.45) is 4.06. The number of carbonyl (C=O) groups is 2. The highest BCUT2D eigenvalue weighted by molar-refractivity contribution is 6.01. The summed E-state index contributed by atoms with van der Waals surface area (Å²) < 4.78 is 7.15. The van der Waals surface area contributed by atoms with Crippen LogP contribution >= 0.6 is 0 Å². The maximum absolute atomic E-state index is 13.0. The quantitative estimate of drug-likeness (QED) is 0.475. The molecule has 2 amide bonds. The lowest BCUT2D eigenvalue weighted by Crippen LogP contribution is -2.50. The minimum Gasteiger partial charge on any atom is -0.496 e. The summed E-state index contributed by atoms with van der Waals surface area (Å²) in [7, 11) is 3.40. The van der Waals surface area contributed by atoms with Gasteiger partial charge in [-0.25, -0.2) is 4.98 Å². The van der Waals surface area contributed by atoms with E-state index in [1.54, 1.807) is 30.3 Å². The number of rotatable bonds is 9. The molecule has 168 valence electrons. The number of methoxy groups -OCH3 is 1. The average molecular weight is 437 g/mol. The molecule has 0 saturated heterocycles. The third kappa shape index (κ3) is 5.27. The van der Waals surface area contributed by atoms with E-state index in [2.05, 4.69) is 26.7 Å². The highest BCUT2D eigenvalue weighted by atomic mass is 16.5. The second-order valence-electron chi connectivity index (χ2n) is 8.15. The zero-order valence-corrected chi connectivity index (χ0v) is 18.7. The normalized spacial score (nSPS) is 12.9. The molecule has 9 heteroatoms. The molecule has 2 heterocycles. The lowest BCUT2D eigenvalue weighted by molar-refractivity contribution is -0.123. The van der Waals surface area contributed by atoms with E-state index < -0.39 is 23.9 Å². The monoisotopic (exact) mass is 436 g/mol. The first-order valence-corrected chi connectivity index (χ1v) is 10.4. The molecule has 3 N–H and O–H groups in total. The Hall–Kier alpha value is -3.80. The topological polar surface area (TPSA) is 125 Å². The van der Waals surface area contributed by atoms with Gasteiger partial charge in [-0.05, 0) is 30.5 Å². The molecule has 0 bridgehead atoms. The Kier molecular flexibility index (Phi) is 7.15. The van der Waals surface area contributed by atoms with Gasteiger partial charge in [0.25, 0.3) is 5.91 Å². The molecule has 9 nitrogen and oxygen atoms in total. The van der Waals surface area contributed by atoms with E-state index in [9.17, 15) is 14.9 Å². The van der Waals surface area contributed by atoms with Crippen molar-refractivity contribution < 1.29 is 14.3 Å². The number of hydrogen-bond donors (Lipinski definition) is 3. The number of aromatic nitrogens is 3. The predicted molar refractivity (Wildman–Crippen MR) is 120 cm³/mol. The Morgan fingerprint density at radius 1 is 1.31 bits per heavy atom. The van der Waals surface area contributed by atoms with E-state index in [0.29, 0.717) is 24.3 Å². The lowest BCUT2D eigenvalue weighted by Gasteiger charge is -2.21. The van der Waals surface area contributed by atoms with Crippen molar-refractivity contribution in [2.75, 3.05) is 7.11 Å². The highest BCUT2D eigenvalue weighted by Gasteiger charge is 2.26. The van der Waals surface area contributed by atoms with Crippen LogP contribution in [-0.4, -0.2) is 45.5 Å². The summed E-state index contributed by atoms with van der Waals surface area (Å²) in [4.78, 5) is 33.0. The SMILES string of the molecule is COc1cccc2[nH]c(C(=O)NC(CC(C)C)C(=O)NC(C#N)Cc3cncn3C)cc12. The van der Waals surface area contributed by atoms with Crippen LogP contribution in [0, 0.1) is 17.2 Å². The van der Waals surface area contributed by atoms with E-state index in [0.717, 1.165) is 16.6 Å². The van der Waals surface area contributed by atoms with Gasteiger partial charge in [-0.3, -0.25) is 9.59 Å². The highest BCUT2D eigenvalue weighted by Crippen LogP contribution is 2.26. The molecular formula is C23H28N6O3. The van der Waals surface area contributed by atoms with Crippen LogP contribution in [0.15, 0.2) is 36.8 Å². The predicted octanol–water partition coefficient (Wildman–Crippen LogP) is 2.31. The molecule has 0 aliphatic rings. The molecule has 0 spiro atoms. The number of nitrogens with one attached hydrogen (secondary N) is 3. The third-order valence-corrected chi connectivity index (χ3v) is 5.22. The Morgan fingerprint density at radius 2 is 2.09 bits per heavy atom. The van der Waals surface area contributed by atoms with Crippen molar-refractivity contribution >= 4 is 22.7 Å². The van der Waals surface area contributed by atoms with E-state index in [1.165, 1.54) is 0 Å². The standard InChI is InChI=1S/C23H28N6O3/c1-14(2)8-19(22(30)26-15(11-24)9-16-12-25-13-29(16)3)28-23(31)20-10-17-18(27-20)6-5-7-21(17)32-4/h5-7,10,12-15,19,27H,8-9H2,1-4H3,(H,26,30)(H,28,31). The molecule has 0 saturated carbocycles. The fraction of sp³-hybridized carbons (Fsp3) is 0.391. The van der Waals surface area contributed by atoms with Crippen LogP contribution in [0.25, 0.3) is 10.9 Å². The number of carbonyl (C=O) groups excluding carboxylic acids is 2. The summed E-state index contributed by atoms with van der Waals surface area (Å²) in [5.74, 6) is 0.0198. The number of nitriles is 1. The zero-order valence-electron chi connectivity index (χ0n) is 18.7. The number of aryl methyl sites for hydroxylation is 1. The second kappa shape index (κ2) is 10.0. The van der Waals surface area contributed by atoms with Crippen molar-refractivity contribution in [3.8, 4) is 11.8 Å². The van der Waals surface area contributed by atoms with Crippen molar-refractivity contribution in [3.63, 3.8) is 0 Å². The smallest absolute Gasteiger partial charge is 0.268 e. The number of nitrogens with zero attached hydrogens (tertiary/aromatic N) is 3. The third-order valence-electron chi connectivity index (χ3n) is 5.22. The van der Waals surface area contributed by atoms with Gasteiger partial charge in [0.15, 0.2) is 0 Å². The number of fused-ring (bicyclic) bond motifs is 1. The van der Waals surface area contributed by atoms with Crippen LogP contribution in [0.1, 0.15) is 36.5 Å². The first-order chi connectivity index (χ1) is 15.3. The van der Waals surface area contributed by atoms with Gasteiger partial charge in [0.05, 0.1) is 19.5 Å². The summed E-state index contributed by atoms with van der Waals surface area (Å²) in [6, 6.07) is 7.80. The molecule has 32 heavy (non-hydrogen) atoms. The molecule has 0 radical (unpaired) electrons. The van der Waals surface area contributed by atoms with Crippen LogP contribution in [0.3, 0.4) is 0 Å². The molecule has 2 atom stereocenters. The largest absolute Gasteiger partial charge is 0.496 e. The lowest BCUT2D eigenvalue weighted by atomic mass is 10.0. The van der Waals surface area contributed by atoms with Gasteiger partial charge in [-0.15, -0.1) is 0 Å². The van der Waals surface area contributed by atoms with Crippen LogP contribution in [0.2, 0.25) is 0 Å². The molecule has 0 fully saturated rings. The minimum atomic E-state index is -0.779. The van der Waals surface area contributed by atoms with Gasteiger partial charge in [0.2, 0.25) is 5.91 Å². The molecule has 0 aliphatic heterocycles. The van der Waals surface area contributed by atoms with Crippen molar-refractivity contribution in [3.05, 3.63) is 48.2 Å². The fourth-order valence-electron chi connectivity index (χ4n) is 3.56. The average Bonchev–Trinajstić information content (AvgIpc) is 3.38. The first-order valence-electron chi connectivity index (χ1n) is 10.4. The van der Waals surface area contributed by atoms with Crippen LogP contribution in [0.4, 0.5) is 0 Å². The van der Waals surface area contributed by atoms with Crippen LogP contribution < -0.4 is 15.4 Å². The van der Waals surface area contributed by atoms with Gasteiger partial charge >= 0.3 is 0 Å². The number of aromatic amines is 1. The number of hydrogen-bond acceptors (Lipinski definition) is 5. The van der Waals surface area contributed by atoms with Gasteiger partial charge < -0.3 is 24.9 Å². The van der Waals surface area contributed by atoms with E-state index in [-0.39, 0.29) is 5.92 Å². The number of amides is 2. The van der Waals surface area contributed by atoms with Gasteiger partial charge in [0.1, 0.15) is 23.5 Å². The van der Waals surface area contributed by atoms with Gasteiger partial charge in [-0.1, -0.05) is 19.9 Å². The molecule has 3 aromatic rings. The zero-order chi connectivity index (χ0) is 23.3. The maximum atomic E-state index is 13.0. The van der Waals surface area contributed by atoms with Crippen LogP contribution in [0.5, 0.6) is 5.75 Å². The Bertz CT molecular complexity index is 1140. The summed E-state index contributed by atoms with van der Waals surface area (Å²) in [5.41, 5.74) is 1.92. The summed E-state index contributed by atoms with van der Waals surface area (Å²) >= 11 is 0. The first kappa shape index (κ1) is 22.9. The summed E-state index contributed by atoms with van der Waals surface area (Å²) in [6.45, 7) is 3.94. The number of benzene rings is 1. The van der Waals surface area contributed by atoms with Crippen molar-refractivity contribution in [1.82, 2.24) is 25.2 Å². The number of imidazole rings is 1. The fourth-order valence-corrected chi connectivity index (χ4v) is 3.56. The molecule has 3 rings (SSSR count). The molecule has 0 aliphatic carbocycles. The maximum Gasteiger partial charge on any atom is 0.268 e. The molecule has 2 aromatic heterocycles. The van der Waals surface area contributed by atoms with E-state index in [1.807, 2.05) is 39.1 Å². The van der Waals surface area contributed by atoms with Crippen molar-refractivity contribution in [1.29, 1.82) is 5.26 Å². The minimum absolute atomic E-state index is 0.159.